The Hall–Kier alpha value is -3.51. The first-order valence-electron chi connectivity index (χ1n) is 10.1. The van der Waals surface area contributed by atoms with Gasteiger partial charge in [0.1, 0.15) is 5.82 Å². The van der Waals surface area contributed by atoms with E-state index >= 15 is 0 Å². The molecule has 0 saturated heterocycles. The molecule has 2 aromatic carbocycles. The van der Waals surface area contributed by atoms with E-state index in [2.05, 4.69) is 33.3 Å². The van der Waals surface area contributed by atoms with E-state index in [1.807, 2.05) is 60.3 Å². The second kappa shape index (κ2) is 7.72. The number of aromatic amines is 1. The topological polar surface area (TPSA) is 66.8 Å². The van der Waals surface area contributed by atoms with Crippen LogP contribution >= 0.6 is 0 Å². The lowest BCUT2D eigenvalue weighted by molar-refractivity contribution is 0.242. The molecule has 4 aromatic rings. The average molecular weight is 397 g/mol. The molecular weight excluding hydrogens is 374 g/mol. The largest absolute Gasteiger partial charge is 0.306 e. The minimum atomic E-state index is -0.0435. The van der Waals surface area contributed by atoms with Crippen molar-refractivity contribution in [3.05, 3.63) is 94.0 Å². The first-order valence-corrected chi connectivity index (χ1v) is 10.1. The Kier molecular flexibility index (Phi) is 4.77. The Morgan fingerprint density at radius 2 is 1.70 bits per heavy atom. The molecule has 0 aliphatic carbocycles. The van der Waals surface area contributed by atoms with Crippen molar-refractivity contribution in [1.29, 1.82) is 0 Å². The van der Waals surface area contributed by atoms with Crippen LogP contribution in [0.2, 0.25) is 0 Å². The zero-order valence-electron chi connectivity index (χ0n) is 16.9. The molecule has 1 aliphatic heterocycles. The molecule has 6 nitrogen and oxygen atoms in total. The molecule has 3 heterocycles. The molecule has 0 saturated carbocycles. The van der Waals surface area contributed by atoms with Crippen LogP contribution in [-0.4, -0.2) is 31.2 Å². The molecule has 0 bridgehead atoms. The van der Waals surface area contributed by atoms with E-state index in [0.717, 1.165) is 53.2 Å². The summed E-state index contributed by atoms with van der Waals surface area (Å²) >= 11 is 0. The fourth-order valence-electron chi connectivity index (χ4n) is 4.08. The zero-order valence-corrected chi connectivity index (χ0v) is 16.9. The molecule has 0 spiro atoms. The summed E-state index contributed by atoms with van der Waals surface area (Å²) in [4.78, 5) is 22.8. The third-order valence-corrected chi connectivity index (χ3v) is 5.54. The summed E-state index contributed by atoms with van der Waals surface area (Å²) in [6, 6.07) is 20.0. The van der Waals surface area contributed by atoms with E-state index in [9.17, 15) is 4.79 Å². The smallest absolute Gasteiger partial charge is 0.255 e. The van der Waals surface area contributed by atoms with E-state index in [1.165, 1.54) is 0 Å². The number of rotatable bonds is 4. The van der Waals surface area contributed by atoms with Crippen LogP contribution in [0.3, 0.4) is 0 Å². The highest BCUT2D eigenvalue weighted by Gasteiger charge is 2.23. The highest BCUT2D eigenvalue weighted by Crippen LogP contribution is 2.25. The van der Waals surface area contributed by atoms with Gasteiger partial charge in [-0.15, -0.1) is 0 Å². The highest BCUT2D eigenvalue weighted by atomic mass is 16.1. The van der Waals surface area contributed by atoms with E-state index in [1.54, 1.807) is 0 Å². The fourth-order valence-corrected chi connectivity index (χ4v) is 4.08. The SMILES string of the molecule is Cn1cc(CN2CCc3nc(-c4ccccc4)[nH]c(=O)c3C2)c(-c2ccccc2)n1. The van der Waals surface area contributed by atoms with Crippen molar-refractivity contribution in [3.8, 4) is 22.6 Å². The molecule has 5 rings (SSSR count). The highest BCUT2D eigenvalue weighted by molar-refractivity contribution is 5.62. The third-order valence-electron chi connectivity index (χ3n) is 5.54. The van der Waals surface area contributed by atoms with Crippen LogP contribution < -0.4 is 5.56 Å². The van der Waals surface area contributed by atoms with Crippen molar-refractivity contribution < 1.29 is 0 Å². The number of aryl methyl sites for hydroxylation is 1. The molecule has 2 aromatic heterocycles. The number of nitrogens with one attached hydrogen (secondary N) is 1. The number of nitrogens with zero attached hydrogens (tertiary/aromatic N) is 4. The van der Waals surface area contributed by atoms with Crippen molar-refractivity contribution in [1.82, 2.24) is 24.6 Å². The summed E-state index contributed by atoms with van der Waals surface area (Å²) in [5.74, 6) is 0.645. The van der Waals surface area contributed by atoms with Crippen molar-refractivity contribution in [2.24, 2.45) is 7.05 Å². The van der Waals surface area contributed by atoms with E-state index in [0.29, 0.717) is 12.4 Å². The Balaban J connectivity index is 1.41. The quantitative estimate of drug-likeness (QED) is 0.573. The summed E-state index contributed by atoms with van der Waals surface area (Å²) < 4.78 is 1.86. The third kappa shape index (κ3) is 3.57. The van der Waals surface area contributed by atoms with Gasteiger partial charge in [0.05, 0.1) is 17.0 Å². The number of fused-ring (bicyclic) bond motifs is 1. The summed E-state index contributed by atoms with van der Waals surface area (Å²) in [6.07, 6.45) is 2.83. The van der Waals surface area contributed by atoms with Gasteiger partial charge >= 0.3 is 0 Å². The number of benzene rings is 2. The minimum absolute atomic E-state index is 0.0435. The standard InChI is InChI=1S/C24H23N5O/c1-28-14-19(22(27-28)17-8-4-2-5-9-17)15-29-13-12-21-20(16-29)24(30)26-23(25-21)18-10-6-3-7-11-18/h2-11,14H,12-13,15-16H2,1H3,(H,25,26,30). The molecular formula is C24H23N5O. The molecule has 6 heteroatoms. The molecule has 0 unspecified atom stereocenters. The maximum absolute atomic E-state index is 12.8. The second-order valence-electron chi connectivity index (χ2n) is 7.71. The Morgan fingerprint density at radius 3 is 2.43 bits per heavy atom. The molecule has 150 valence electrons. The number of hydrogen-bond acceptors (Lipinski definition) is 4. The predicted octanol–water partition coefficient (Wildman–Crippen LogP) is 3.40. The van der Waals surface area contributed by atoms with Gasteiger partial charge in [0.2, 0.25) is 0 Å². The van der Waals surface area contributed by atoms with E-state index < -0.39 is 0 Å². The van der Waals surface area contributed by atoms with Gasteiger partial charge in [-0.05, 0) is 0 Å². The van der Waals surface area contributed by atoms with Gasteiger partial charge in [0.25, 0.3) is 5.56 Å². The van der Waals surface area contributed by atoms with Gasteiger partial charge in [0.15, 0.2) is 0 Å². The Bertz CT molecular complexity index is 1230. The van der Waals surface area contributed by atoms with Crippen LogP contribution in [-0.2, 0) is 26.6 Å². The Morgan fingerprint density at radius 1 is 1.00 bits per heavy atom. The monoisotopic (exact) mass is 397 g/mol. The van der Waals surface area contributed by atoms with Gasteiger partial charge in [-0.3, -0.25) is 14.4 Å². The summed E-state index contributed by atoms with van der Waals surface area (Å²) in [7, 11) is 1.95. The van der Waals surface area contributed by atoms with Crippen molar-refractivity contribution in [2.75, 3.05) is 6.54 Å². The fraction of sp³-hybridized carbons (Fsp3) is 0.208. The van der Waals surface area contributed by atoms with Gasteiger partial charge in [-0.25, -0.2) is 4.98 Å². The molecule has 1 N–H and O–H groups in total. The lowest BCUT2D eigenvalue weighted by Gasteiger charge is -2.27. The van der Waals surface area contributed by atoms with E-state index in [-0.39, 0.29) is 5.56 Å². The van der Waals surface area contributed by atoms with Crippen molar-refractivity contribution in [2.45, 2.75) is 19.5 Å². The van der Waals surface area contributed by atoms with Crippen molar-refractivity contribution >= 4 is 0 Å². The maximum Gasteiger partial charge on any atom is 0.255 e. The predicted molar refractivity (Wildman–Crippen MR) is 117 cm³/mol. The van der Waals surface area contributed by atoms with Crippen molar-refractivity contribution in [3.63, 3.8) is 0 Å². The first-order chi connectivity index (χ1) is 14.7. The van der Waals surface area contributed by atoms with Crippen LogP contribution in [0.5, 0.6) is 0 Å². The molecule has 0 fully saturated rings. The van der Waals surface area contributed by atoms with Gasteiger partial charge in [-0.1, -0.05) is 60.7 Å². The average Bonchev–Trinajstić information content (AvgIpc) is 3.15. The molecule has 0 atom stereocenters. The lowest BCUT2D eigenvalue weighted by Crippen LogP contribution is -2.35. The molecule has 0 radical (unpaired) electrons. The molecule has 1 aliphatic rings. The zero-order chi connectivity index (χ0) is 20.5. The molecule has 0 amide bonds. The Labute approximate surface area is 174 Å². The number of hydrogen-bond donors (Lipinski definition) is 1. The maximum atomic E-state index is 12.8. The minimum Gasteiger partial charge on any atom is -0.306 e. The lowest BCUT2D eigenvalue weighted by atomic mass is 10.0. The first kappa shape index (κ1) is 18.5. The number of aromatic nitrogens is 4. The summed E-state index contributed by atoms with van der Waals surface area (Å²) in [5, 5.41) is 4.66. The van der Waals surface area contributed by atoms with Crippen LogP contribution in [0, 0.1) is 0 Å². The van der Waals surface area contributed by atoms with Gasteiger partial charge in [-0.2, -0.15) is 5.10 Å². The summed E-state index contributed by atoms with van der Waals surface area (Å²) in [5.41, 5.74) is 5.83. The number of H-pyrrole nitrogens is 1. The van der Waals surface area contributed by atoms with Crippen LogP contribution in [0.15, 0.2) is 71.7 Å². The van der Waals surface area contributed by atoms with Gasteiger partial charge < -0.3 is 4.98 Å². The van der Waals surface area contributed by atoms with Gasteiger partial charge in [0, 0.05) is 56.0 Å². The van der Waals surface area contributed by atoms with Crippen LogP contribution in [0.1, 0.15) is 16.8 Å². The second-order valence-corrected chi connectivity index (χ2v) is 7.71. The van der Waals surface area contributed by atoms with Crippen LogP contribution in [0.4, 0.5) is 0 Å². The molecule has 30 heavy (non-hydrogen) atoms. The van der Waals surface area contributed by atoms with E-state index in [4.69, 9.17) is 4.98 Å². The normalized spacial score (nSPS) is 13.9. The van der Waals surface area contributed by atoms with Crippen LogP contribution in [0.25, 0.3) is 22.6 Å². The summed E-state index contributed by atoms with van der Waals surface area (Å²) in [6.45, 7) is 2.20.